The third kappa shape index (κ3) is 3.38. The summed E-state index contributed by atoms with van der Waals surface area (Å²) < 4.78 is 1.77. The molecule has 3 rings (SSSR count). The number of amides is 1. The number of carbonyl (C=O) groups excluding carboxylic acids is 1. The van der Waals surface area contributed by atoms with Crippen LogP contribution in [0.1, 0.15) is 16.1 Å². The molecule has 5 nitrogen and oxygen atoms in total. The number of nitrogens with zero attached hydrogens (tertiary/aromatic N) is 3. The summed E-state index contributed by atoms with van der Waals surface area (Å²) in [5.41, 5.74) is 4.85. The molecule has 1 amide bonds. The molecule has 124 valence electrons. The van der Waals surface area contributed by atoms with Crippen LogP contribution in [0.5, 0.6) is 0 Å². The van der Waals surface area contributed by atoms with E-state index in [4.69, 9.17) is 23.2 Å². The number of para-hydroxylation sites is 1. The number of carbonyl (C=O) groups is 1. The number of benzene rings is 2. The van der Waals surface area contributed by atoms with Crippen LogP contribution in [0.2, 0.25) is 10.0 Å². The van der Waals surface area contributed by atoms with Gasteiger partial charge in [0.15, 0.2) is 5.69 Å². The molecule has 0 spiro atoms. The van der Waals surface area contributed by atoms with Gasteiger partial charge in [0.05, 0.1) is 12.1 Å². The normalized spacial score (nSPS) is 11.2. The molecule has 1 heterocycles. The van der Waals surface area contributed by atoms with Crippen molar-refractivity contribution in [1.82, 2.24) is 20.2 Å². The molecule has 0 saturated heterocycles. The monoisotopic (exact) mass is 362 g/mol. The van der Waals surface area contributed by atoms with Crippen molar-refractivity contribution >= 4 is 40.0 Å². The largest absolute Gasteiger partial charge is 0.286 e. The van der Waals surface area contributed by atoms with Crippen molar-refractivity contribution in [3.05, 3.63) is 63.8 Å². The predicted octanol–water partition coefficient (Wildman–Crippen LogP) is 3.60. The van der Waals surface area contributed by atoms with Crippen LogP contribution in [0.4, 0.5) is 0 Å². The van der Waals surface area contributed by atoms with E-state index >= 15 is 0 Å². The zero-order valence-electron chi connectivity index (χ0n) is 13.3. The van der Waals surface area contributed by atoms with Gasteiger partial charge in [-0.25, -0.2) is 5.01 Å². The maximum Gasteiger partial charge on any atom is 0.286 e. The van der Waals surface area contributed by atoms with Gasteiger partial charge in [-0.15, -0.1) is 0 Å². The van der Waals surface area contributed by atoms with Crippen LogP contribution in [0.25, 0.3) is 10.9 Å². The number of nitrogens with one attached hydrogen (secondary N) is 1. The molecule has 1 aromatic heterocycles. The zero-order chi connectivity index (χ0) is 17.3. The molecule has 1 N–H and O–H groups in total. The number of fused-ring (bicyclic) bond motifs is 1. The van der Waals surface area contributed by atoms with Gasteiger partial charge in [0.25, 0.3) is 5.91 Å². The van der Waals surface area contributed by atoms with Crippen LogP contribution in [0.3, 0.4) is 0 Å². The number of hydrazine groups is 1. The molecule has 24 heavy (non-hydrogen) atoms. The molecule has 0 radical (unpaired) electrons. The Morgan fingerprint density at radius 1 is 1.21 bits per heavy atom. The highest BCUT2D eigenvalue weighted by molar-refractivity contribution is 6.35. The maximum atomic E-state index is 12.4. The van der Waals surface area contributed by atoms with Gasteiger partial charge in [-0.1, -0.05) is 47.5 Å². The van der Waals surface area contributed by atoms with Gasteiger partial charge in [0, 0.05) is 29.5 Å². The Kier molecular flexibility index (Phi) is 4.76. The van der Waals surface area contributed by atoms with Gasteiger partial charge in [-0.05, 0) is 23.8 Å². The Bertz CT molecular complexity index is 905. The van der Waals surface area contributed by atoms with E-state index < -0.39 is 0 Å². The first-order valence-electron chi connectivity index (χ1n) is 7.33. The summed E-state index contributed by atoms with van der Waals surface area (Å²) >= 11 is 12.2. The second-order valence-corrected chi connectivity index (χ2v) is 6.44. The first-order chi connectivity index (χ1) is 11.5. The van der Waals surface area contributed by atoms with Gasteiger partial charge in [-0.2, -0.15) is 5.10 Å². The van der Waals surface area contributed by atoms with Crippen LogP contribution in [0, 0.1) is 0 Å². The standard InChI is InChI=1S/C17H16Cl2N4O/c1-22(2)21-17(24)16-13-5-3-4-6-15(13)23(20-16)10-11-7-8-12(18)9-14(11)19/h3-9H,10H2,1-2H3,(H,21,24). The van der Waals surface area contributed by atoms with Gasteiger partial charge in [0.1, 0.15) is 0 Å². The van der Waals surface area contributed by atoms with Crippen molar-refractivity contribution in [2.75, 3.05) is 14.1 Å². The second kappa shape index (κ2) is 6.81. The summed E-state index contributed by atoms with van der Waals surface area (Å²) in [5.74, 6) is -0.253. The quantitative estimate of drug-likeness (QED) is 0.721. The van der Waals surface area contributed by atoms with Crippen molar-refractivity contribution in [1.29, 1.82) is 0 Å². The molecular formula is C17H16Cl2N4O. The maximum absolute atomic E-state index is 12.4. The Labute approximate surface area is 149 Å². The van der Waals surface area contributed by atoms with Crippen molar-refractivity contribution in [2.24, 2.45) is 0 Å². The van der Waals surface area contributed by atoms with E-state index in [-0.39, 0.29) is 5.91 Å². The summed E-state index contributed by atoms with van der Waals surface area (Å²) in [4.78, 5) is 12.4. The minimum atomic E-state index is -0.253. The van der Waals surface area contributed by atoms with E-state index in [9.17, 15) is 4.79 Å². The van der Waals surface area contributed by atoms with Crippen molar-refractivity contribution in [3.8, 4) is 0 Å². The Morgan fingerprint density at radius 2 is 1.96 bits per heavy atom. The summed E-state index contributed by atoms with van der Waals surface area (Å²) in [6.07, 6.45) is 0. The van der Waals surface area contributed by atoms with E-state index in [0.717, 1.165) is 16.5 Å². The Hall–Kier alpha value is -2.08. The van der Waals surface area contributed by atoms with Gasteiger partial charge in [-0.3, -0.25) is 14.9 Å². The summed E-state index contributed by atoms with van der Waals surface area (Å²) in [7, 11) is 3.51. The number of hydrogen-bond donors (Lipinski definition) is 1. The molecule has 2 aromatic carbocycles. The first kappa shape index (κ1) is 16.8. The number of rotatable bonds is 4. The average molecular weight is 363 g/mol. The number of aromatic nitrogens is 2. The molecule has 0 aliphatic rings. The highest BCUT2D eigenvalue weighted by Crippen LogP contribution is 2.24. The van der Waals surface area contributed by atoms with Crippen LogP contribution in [-0.4, -0.2) is 34.8 Å². The summed E-state index contributed by atoms with van der Waals surface area (Å²) in [6, 6.07) is 13.0. The molecule has 0 fully saturated rings. The first-order valence-corrected chi connectivity index (χ1v) is 8.09. The Balaban J connectivity index is 2.03. The average Bonchev–Trinajstić information content (AvgIpc) is 2.88. The molecular weight excluding hydrogens is 347 g/mol. The molecule has 7 heteroatoms. The lowest BCUT2D eigenvalue weighted by Gasteiger charge is -2.10. The third-order valence-electron chi connectivity index (χ3n) is 3.53. The SMILES string of the molecule is CN(C)NC(=O)c1nn(Cc2ccc(Cl)cc2Cl)c2ccccc12. The van der Waals surface area contributed by atoms with Gasteiger partial charge < -0.3 is 0 Å². The molecule has 3 aromatic rings. The van der Waals surface area contributed by atoms with Crippen molar-refractivity contribution < 1.29 is 4.79 Å². The van der Waals surface area contributed by atoms with Crippen molar-refractivity contribution in [2.45, 2.75) is 6.54 Å². The summed E-state index contributed by atoms with van der Waals surface area (Å²) in [5, 5.41) is 8.02. The van der Waals surface area contributed by atoms with Gasteiger partial charge >= 0.3 is 0 Å². The lowest BCUT2D eigenvalue weighted by molar-refractivity contribution is 0.0852. The molecule has 0 aliphatic heterocycles. The molecule has 0 saturated carbocycles. The highest BCUT2D eigenvalue weighted by Gasteiger charge is 2.18. The summed E-state index contributed by atoms with van der Waals surface area (Å²) in [6.45, 7) is 0.450. The van der Waals surface area contributed by atoms with Crippen LogP contribution in [0.15, 0.2) is 42.5 Å². The predicted molar refractivity (Wildman–Crippen MR) is 96.5 cm³/mol. The van der Waals surface area contributed by atoms with E-state index in [0.29, 0.717) is 22.3 Å². The van der Waals surface area contributed by atoms with Crippen LogP contribution < -0.4 is 5.43 Å². The number of halogens is 2. The topological polar surface area (TPSA) is 50.2 Å². The van der Waals surface area contributed by atoms with Crippen LogP contribution >= 0.6 is 23.2 Å². The lowest BCUT2D eigenvalue weighted by Crippen LogP contribution is -2.36. The fourth-order valence-electron chi connectivity index (χ4n) is 2.48. The molecule has 0 atom stereocenters. The minimum absolute atomic E-state index is 0.253. The fourth-order valence-corrected chi connectivity index (χ4v) is 2.95. The molecule has 0 unspecified atom stereocenters. The smallest absolute Gasteiger partial charge is 0.284 e. The zero-order valence-corrected chi connectivity index (χ0v) is 14.8. The van der Waals surface area contributed by atoms with Crippen LogP contribution in [-0.2, 0) is 6.54 Å². The minimum Gasteiger partial charge on any atom is -0.284 e. The fraction of sp³-hybridized carbons (Fsp3) is 0.176. The third-order valence-corrected chi connectivity index (χ3v) is 4.12. The molecule has 0 aliphatic carbocycles. The van der Waals surface area contributed by atoms with E-state index in [1.807, 2.05) is 30.3 Å². The van der Waals surface area contributed by atoms with Crippen molar-refractivity contribution in [3.63, 3.8) is 0 Å². The number of hydrogen-bond acceptors (Lipinski definition) is 3. The second-order valence-electron chi connectivity index (χ2n) is 5.59. The van der Waals surface area contributed by atoms with E-state index in [1.165, 1.54) is 0 Å². The van der Waals surface area contributed by atoms with Gasteiger partial charge in [0.2, 0.25) is 0 Å². The highest BCUT2D eigenvalue weighted by atomic mass is 35.5. The lowest BCUT2D eigenvalue weighted by atomic mass is 10.2. The Morgan fingerprint density at radius 3 is 2.67 bits per heavy atom. The van der Waals surface area contributed by atoms with E-state index in [2.05, 4.69) is 10.5 Å². The molecule has 0 bridgehead atoms. The van der Waals surface area contributed by atoms with E-state index in [1.54, 1.807) is 35.9 Å².